The third kappa shape index (κ3) is 1.80. The van der Waals surface area contributed by atoms with Crippen LogP contribution in [-0.2, 0) is 12.8 Å². The summed E-state index contributed by atoms with van der Waals surface area (Å²) in [6, 6.07) is 8.14. The highest BCUT2D eigenvalue weighted by atomic mass is 19.3. The fourth-order valence-electron chi connectivity index (χ4n) is 2.83. The number of benzene rings is 2. The van der Waals surface area contributed by atoms with Gasteiger partial charge in [0.2, 0.25) is 0 Å². The van der Waals surface area contributed by atoms with Crippen molar-refractivity contribution in [2.24, 2.45) is 0 Å². The van der Waals surface area contributed by atoms with Crippen LogP contribution >= 0.6 is 0 Å². The molecule has 5 heteroatoms. The van der Waals surface area contributed by atoms with E-state index in [-0.39, 0.29) is 5.56 Å². The average molecular weight is 284 g/mol. The first-order chi connectivity index (χ1) is 9.43. The van der Waals surface area contributed by atoms with E-state index in [1.807, 2.05) is 6.07 Å². The number of aliphatic hydroxyl groups excluding tert-OH is 1. The zero-order valence-corrected chi connectivity index (χ0v) is 10.4. The van der Waals surface area contributed by atoms with Gasteiger partial charge >= 0.3 is 12.3 Å². The summed E-state index contributed by atoms with van der Waals surface area (Å²) in [5.41, 5.74) is 1.87. The Bertz CT molecular complexity index is 656. The van der Waals surface area contributed by atoms with Crippen molar-refractivity contribution in [2.45, 2.75) is 31.3 Å². The molecule has 1 atom stereocenters. The van der Waals surface area contributed by atoms with Crippen LogP contribution in [0.15, 0.2) is 30.3 Å². The van der Waals surface area contributed by atoms with E-state index >= 15 is 0 Å². The first-order valence-corrected chi connectivity index (χ1v) is 6.30. The third-order valence-electron chi connectivity index (χ3n) is 3.86. The Morgan fingerprint density at radius 3 is 2.30 bits per heavy atom. The van der Waals surface area contributed by atoms with E-state index in [0.717, 1.165) is 29.4 Å². The first kappa shape index (κ1) is 13.4. The third-order valence-corrected chi connectivity index (χ3v) is 3.86. The van der Waals surface area contributed by atoms with Gasteiger partial charge in [0.25, 0.3) is 0 Å². The van der Waals surface area contributed by atoms with Crippen LogP contribution < -0.4 is 0 Å². The number of aliphatic hydroxyl groups is 1. The van der Waals surface area contributed by atoms with Crippen molar-refractivity contribution in [1.82, 2.24) is 0 Å². The lowest BCUT2D eigenvalue weighted by Crippen LogP contribution is -2.34. The highest BCUT2D eigenvalue weighted by Crippen LogP contribution is 2.41. The van der Waals surface area contributed by atoms with Crippen LogP contribution in [0, 0.1) is 0 Å². The lowest BCUT2D eigenvalue weighted by molar-refractivity contribution is -0.193. The maximum atomic E-state index is 13.4. The van der Waals surface area contributed by atoms with Crippen LogP contribution in [0.25, 0.3) is 10.8 Å². The molecule has 1 N–H and O–H groups in total. The molecule has 0 aliphatic heterocycles. The van der Waals surface area contributed by atoms with Gasteiger partial charge in [-0.05, 0) is 40.3 Å². The number of aryl methyl sites for hydroxylation is 2. The van der Waals surface area contributed by atoms with Crippen molar-refractivity contribution >= 4 is 10.8 Å². The first-order valence-electron chi connectivity index (χ1n) is 6.30. The quantitative estimate of drug-likeness (QED) is 0.848. The monoisotopic (exact) mass is 284 g/mol. The maximum absolute atomic E-state index is 13.4. The smallest absolute Gasteiger partial charge is 0.336 e. The summed E-state index contributed by atoms with van der Waals surface area (Å²) in [6.07, 6.45) is -4.80. The number of rotatable bonds is 3. The number of hydrogen-bond donors (Lipinski definition) is 1. The molecule has 20 heavy (non-hydrogen) atoms. The molecule has 0 saturated heterocycles. The molecule has 3 rings (SSSR count). The van der Waals surface area contributed by atoms with Crippen LogP contribution in [0.4, 0.5) is 17.6 Å². The molecule has 2 aromatic rings. The van der Waals surface area contributed by atoms with Crippen molar-refractivity contribution in [3.63, 3.8) is 0 Å². The second-order valence-electron chi connectivity index (χ2n) is 5.03. The standard InChI is InChI=1S/C15H12F4O/c16-14(17)15(18,19)13(20)11-7-6-9-5-4-8-2-1-3-10(11)12(8)9/h1-3,6-7,13-14,20H,4-5H2. The van der Waals surface area contributed by atoms with Crippen molar-refractivity contribution in [3.05, 3.63) is 47.0 Å². The molecule has 0 saturated carbocycles. The fraction of sp³-hybridized carbons (Fsp3) is 0.333. The molecule has 2 aromatic carbocycles. The number of hydrogen-bond acceptors (Lipinski definition) is 1. The predicted molar refractivity (Wildman–Crippen MR) is 67.3 cm³/mol. The molecule has 1 nitrogen and oxygen atoms in total. The van der Waals surface area contributed by atoms with Gasteiger partial charge in [0.05, 0.1) is 0 Å². The summed E-state index contributed by atoms with van der Waals surface area (Å²) in [5.74, 6) is -4.46. The SMILES string of the molecule is OC(c1ccc2c3c(cccc13)CC2)C(F)(F)C(F)F. The van der Waals surface area contributed by atoms with E-state index in [1.165, 1.54) is 6.07 Å². The predicted octanol–water partition coefficient (Wildman–Crippen LogP) is 3.87. The second kappa shape index (κ2) is 4.45. The Balaban J connectivity index is 2.19. The second-order valence-corrected chi connectivity index (χ2v) is 5.03. The van der Waals surface area contributed by atoms with Crippen molar-refractivity contribution in [3.8, 4) is 0 Å². The van der Waals surface area contributed by atoms with Gasteiger partial charge in [0.1, 0.15) is 6.10 Å². The Hall–Kier alpha value is -1.62. The average Bonchev–Trinajstić information content (AvgIpc) is 2.84. The Labute approximate surface area is 112 Å². The van der Waals surface area contributed by atoms with E-state index in [0.29, 0.717) is 5.39 Å². The Morgan fingerprint density at radius 1 is 1.00 bits per heavy atom. The largest absolute Gasteiger partial charge is 0.382 e. The summed E-state index contributed by atoms with van der Waals surface area (Å²) in [5, 5.41) is 10.9. The molecule has 0 aromatic heterocycles. The highest BCUT2D eigenvalue weighted by molar-refractivity contribution is 5.93. The van der Waals surface area contributed by atoms with Crippen LogP contribution in [0.5, 0.6) is 0 Å². The minimum atomic E-state index is -4.46. The van der Waals surface area contributed by atoms with E-state index in [2.05, 4.69) is 0 Å². The summed E-state index contributed by atoms with van der Waals surface area (Å²) in [7, 11) is 0. The highest BCUT2D eigenvalue weighted by Gasteiger charge is 2.49. The minimum Gasteiger partial charge on any atom is -0.382 e. The number of halogens is 4. The molecule has 0 heterocycles. The Morgan fingerprint density at radius 2 is 1.65 bits per heavy atom. The van der Waals surface area contributed by atoms with E-state index in [1.54, 1.807) is 18.2 Å². The molecule has 1 aliphatic carbocycles. The van der Waals surface area contributed by atoms with Gasteiger partial charge in [-0.15, -0.1) is 0 Å². The fourth-order valence-corrected chi connectivity index (χ4v) is 2.83. The van der Waals surface area contributed by atoms with E-state index in [9.17, 15) is 22.7 Å². The lowest BCUT2D eigenvalue weighted by Gasteiger charge is -2.23. The summed E-state index contributed by atoms with van der Waals surface area (Å²) in [6.45, 7) is 0. The van der Waals surface area contributed by atoms with Crippen molar-refractivity contribution in [2.75, 3.05) is 0 Å². The molecule has 0 amide bonds. The maximum Gasteiger partial charge on any atom is 0.336 e. The summed E-state index contributed by atoms with van der Waals surface area (Å²) < 4.78 is 51.6. The molecule has 0 radical (unpaired) electrons. The van der Waals surface area contributed by atoms with Crippen LogP contribution in [0.3, 0.4) is 0 Å². The molecule has 1 aliphatic rings. The van der Waals surface area contributed by atoms with Gasteiger partial charge in [0.15, 0.2) is 0 Å². The Kier molecular flexibility index (Phi) is 2.97. The zero-order chi connectivity index (χ0) is 14.5. The minimum absolute atomic E-state index is 0.141. The lowest BCUT2D eigenvalue weighted by atomic mass is 9.94. The molecule has 0 fully saturated rings. The summed E-state index contributed by atoms with van der Waals surface area (Å²) >= 11 is 0. The van der Waals surface area contributed by atoms with Crippen LogP contribution in [0.2, 0.25) is 0 Å². The normalized spacial score (nSPS) is 16.1. The van der Waals surface area contributed by atoms with Crippen molar-refractivity contribution in [1.29, 1.82) is 0 Å². The number of alkyl halides is 4. The van der Waals surface area contributed by atoms with Gasteiger partial charge in [-0.1, -0.05) is 30.3 Å². The molecule has 1 unspecified atom stereocenters. The summed E-state index contributed by atoms with van der Waals surface area (Å²) in [4.78, 5) is 0. The van der Waals surface area contributed by atoms with Gasteiger partial charge < -0.3 is 5.11 Å². The molecular weight excluding hydrogens is 272 g/mol. The molecule has 0 spiro atoms. The van der Waals surface area contributed by atoms with E-state index in [4.69, 9.17) is 0 Å². The van der Waals surface area contributed by atoms with Crippen molar-refractivity contribution < 1.29 is 22.7 Å². The van der Waals surface area contributed by atoms with Gasteiger partial charge in [-0.25, -0.2) is 8.78 Å². The van der Waals surface area contributed by atoms with Crippen LogP contribution in [-0.4, -0.2) is 17.5 Å². The van der Waals surface area contributed by atoms with Gasteiger partial charge in [0, 0.05) is 0 Å². The topological polar surface area (TPSA) is 20.2 Å². The van der Waals surface area contributed by atoms with E-state index < -0.39 is 18.5 Å². The zero-order valence-electron chi connectivity index (χ0n) is 10.4. The molecular formula is C15H12F4O. The molecule has 106 valence electrons. The van der Waals surface area contributed by atoms with Crippen LogP contribution in [0.1, 0.15) is 22.8 Å². The van der Waals surface area contributed by atoms with Gasteiger partial charge in [-0.2, -0.15) is 8.78 Å². The van der Waals surface area contributed by atoms with Gasteiger partial charge in [-0.3, -0.25) is 0 Å². The molecule has 0 bridgehead atoms.